The molecule has 1 amide bonds. The third kappa shape index (κ3) is 4.98. The van der Waals surface area contributed by atoms with Crippen molar-refractivity contribution < 1.29 is 9.21 Å². The molecule has 0 spiro atoms. The first-order chi connectivity index (χ1) is 13.1. The molecule has 0 aliphatic carbocycles. The van der Waals surface area contributed by atoms with Crippen LogP contribution in [0.4, 0.5) is 5.69 Å². The Bertz CT molecular complexity index is 906. The van der Waals surface area contributed by atoms with Crippen LogP contribution in [0.25, 0.3) is 11.5 Å². The summed E-state index contributed by atoms with van der Waals surface area (Å²) in [6, 6.07) is 15.8. The van der Waals surface area contributed by atoms with Crippen molar-refractivity contribution in [3.8, 4) is 11.5 Å². The zero-order valence-electron chi connectivity index (χ0n) is 15.7. The van der Waals surface area contributed by atoms with E-state index in [0.29, 0.717) is 17.0 Å². The third-order valence-corrected chi connectivity index (χ3v) is 5.23. The summed E-state index contributed by atoms with van der Waals surface area (Å²) < 4.78 is 5.65. The molecule has 0 fully saturated rings. The van der Waals surface area contributed by atoms with Gasteiger partial charge in [-0.3, -0.25) is 4.79 Å². The molecule has 1 aromatic heterocycles. The van der Waals surface area contributed by atoms with E-state index in [9.17, 15) is 4.79 Å². The minimum Gasteiger partial charge on any atom is -0.411 e. The molecular weight excluding hydrogens is 358 g/mol. The largest absolute Gasteiger partial charge is 0.411 e. The zero-order chi connectivity index (χ0) is 19.2. The van der Waals surface area contributed by atoms with Gasteiger partial charge in [-0.2, -0.15) is 0 Å². The Hall–Kier alpha value is -2.60. The van der Waals surface area contributed by atoms with Gasteiger partial charge in [0.15, 0.2) is 0 Å². The fraction of sp³-hybridized carbons (Fsp3) is 0.286. The Labute approximate surface area is 163 Å². The molecule has 0 aliphatic rings. The first-order valence-corrected chi connectivity index (χ1v) is 9.97. The molecule has 0 aliphatic heterocycles. The van der Waals surface area contributed by atoms with Gasteiger partial charge < -0.3 is 9.73 Å². The number of hydrogen-bond acceptors (Lipinski definition) is 5. The smallest absolute Gasteiger partial charge is 0.277 e. The summed E-state index contributed by atoms with van der Waals surface area (Å²) in [5.41, 5.74) is 4.05. The van der Waals surface area contributed by atoms with Gasteiger partial charge in [0.25, 0.3) is 5.22 Å². The van der Waals surface area contributed by atoms with Crippen molar-refractivity contribution in [2.24, 2.45) is 0 Å². The third-order valence-electron chi connectivity index (χ3n) is 4.41. The second kappa shape index (κ2) is 8.86. The van der Waals surface area contributed by atoms with Crippen LogP contribution >= 0.6 is 11.8 Å². The van der Waals surface area contributed by atoms with E-state index in [1.165, 1.54) is 17.3 Å². The number of aryl methyl sites for hydroxylation is 1. The van der Waals surface area contributed by atoms with Crippen molar-refractivity contribution >= 4 is 23.4 Å². The normalized spacial score (nSPS) is 12.0. The number of para-hydroxylation sites is 1. The highest BCUT2D eigenvalue weighted by molar-refractivity contribution is 7.99. The van der Waals surface area contributed by atoms with Gasteiger partial charge >= 0.3 is 0 Å². The molecule has 5 nitrogen and oxygen atoms in total. The lowest BCUT2D eigenvalue weighted by molar-refractivity contribution is -0.113. The lowest BCUT2D eigenvalue weighted by Gasteiger charge is -2.15. The average Bonchev–Trinajstić information content (AvgIpc) is 3.16. The second-order valence-corrected chi connectivity index (χ2v) is 7.40. The predicted octanol–water partition coefficient (Wildman–Crippen LogP) is 5.29. The summed E-state index contributed by atoms with van der Waals surface area (Å²) in [6.07, 6.45) is 1.02. The molecule has 6 heteroatoms. The number of rotatable bonds is 7. The number of nitrogens with one attached hydrogen (secondary N) is 1. The van der Waals surface area contributed by atoms with E-state index in [1.54, 1.807) is 0 Å². The lowest BCUT2D eigenvalue weighted by Crippen LogP contribution is -2.15. The topological polar surface area (TPSA) is 68.0 Å². The highest BCUT2D eigenvalue weighted by Crippen LogP contribution is 2.27. The summed E-state index contributed by atoms with van der Waals surface area (Å²) in [5, 5.41) is 11.5. The Morgan fingerprint density at radius 3 is 2.63 bits per heavy atom. The number of carbonyl (C=O) groups is 1. The molecule has 27 heavy (non-hydrogen) atoms. The second-order valence-electron chi connectivity index (χ2n) is 6.47. The molecule has 140 valence electrons. The quantitative estimate of drug-likeness (QED) is 0.563. The number of amides is 1. The van der Waals surface area contributed by atoms with Gasteiger partial charge in [-0.25, -0.2) is 0 Å². The minimum absolute atomic E-state index is 0.0918. The molecule has 0 unspecified atom stereocenters. The number of nitrogens with zero attached hydrogens (tertiary/aromatic N) is 2. The van der Waals surface area contributed by atoms with Crippen LogP contribution in [0.1, 0.15) is 37.3 Å². The van der Waals surface area contributed by atoms with Gasteiger partial charge in [-0.05, 0) is 43.0 Å². The van der Waals surface area contributed by atoms with Crippen LogP contribution in [0.3, 0.4) is 0 Å². The van der Waals surface area contributed by atoms with Crippen LogP contribution in [0.5, 0.6) is 0 Å². The fourth-order valence-electron chi connectivity index (χ4n) is 2.65. The number of carbonyl (C=O) groups excluding carboxylic acids is 1. The number of anilines is 1. The van der Waals surface area contributed by atoms with E-state index >= 15 is 0 Å². The first kappa shape index (κ1) is 19.2. The molecule has 0 saturated heterocycles. The van der Waals surface area contributed by atoms with Gasteiger partial charge in [0, 0.05) is 11.3 Å². The van der Waals surface area contributed by atoms with Crippen LogP contribution in [0.15, 0.2) is 58.2 Å². The lowest BCUT2D eigenvalue weighted by atomic mass is 9.97. The highest BCUT2D eigenvalue weighted by atomic mass is 32.2. The monoisotopic (exact) mass is 381 g/mol. The van der Waals surface area contributed by atoms with Crippen molar-refractivity contribution in [2.45, 2.75) is 38.3 Å². The molecule has 3 rings (SSSR count). The van der Waals surface area contributed by atoms with Gasteiger partial charge in [-0.1, -0.05) is 61.5 Å². The molecule has 1 atom stereocenters. The van der Waals surface area contributed by atoms with E-state index in [-0.39, 0.29) is 11.7 Å². The Kier molecular flexibility index (Phi) is 6.29. The molecule has 0 saturated carbocycles. The molecule has 1 heterocycles. The minimum atomic E-state index is -0.0918. The molecule has 3 aromatic rings. The highest BCUT2D eigenvalue weighted by Gasteiger charge is 2.14. The number of thioether (sulfide) groups is 1. The SMILES string of the molecule is CC[C@@H](C)c1ccccc1NC(=O)CSc1nnc(-c2ccc(C)cc2)o1. The zero-order valence-corrected chi connectivity index (χ0v) is 16.5. The Morgan fingerprint density at radius 1 is 1.15 bits per heavy atom. The summed E-state index contributed by atoms with van der Waals surface area (Å²) in [7, 11) is 0. The molecular formula is C21H23N3O2S. The maximum atomic E-state index is 12.3. The van der Waals surface area contributed by atoms with Gasteiger partial charge in [0.1, 0.15) is 0 Å². The summed E-state index contributed by atoms with van der Waals surface area (Å²) >= 11 is 1.23. The van der Waals surface area contributed by atoms with Crippen molar-refractivity contribution in [1.29, 1.82) is 0 Å². The van der Waals surface area contributed by atoms with Crippen molar-refractivity contribution in [2.75, 3.05) is 11.1 Å². The summed E-state index contributed by atoms with van der Waals surface area (Å²) in [6.45, 7) is 6.32. The average molecular weight is 382 g/mol. The molecule has 1 N–H and O–H groups in total. The van der Waals surface area contributed by atoms with E-state index in [2.05, 4.69) is 35.4 Å². The van der Waals surface area contributed by atoms with Crippen LogP contribution in [-0.4, -0.2) is 21.9 Å². The predicted molar refractivity (Wildman–Crippen MR) is 109 cm³/mol. The van der Waals surface area contributed by atoms with Crippen LogP contribution < -0.4 is 5.32 Å². The maximum absolute atomic E-state index is 12.3. The van der Waals surface area contributed by atoms with Crippen molar-refractivity contribution in [3.63, 3.8) is 0 Å². The molecule has 0 radical (unpaired) electrons. The number of aromatic nitrogens is 2. The van der Waals surface area contributed by atoms with E-state index in [1.807, 2.05) is 49.4 Å². The number of hydrogen-bond donors (Lipinski definition) is 1. The van der Waals surface area contributed by atoms with Crippen molar-refractivity contribution in [1.82, 2.24) is 10.2 Å². The van der Waals surface area contributed by atoms with Crippen LogP contribution in [0, 0.1) is 6.92 Å². The van der Waals surface area contributed by atoms with E-state index < -0.39 is 0 Å². The summed E-state index contributed by atoms with van der Waals surface area (Å²) in [5.74, 6) is 0.970. The van der Waals surface area contributed by atoms with Crippen LogP contribution in [-0.2, 0) is 4.79 Å². The molecule has 0 bridgehead atoms. The van der Waals surface area contributed by atoms with E-state index in [0.717, 1.165) is 23.2 Å². The first-order valence-electron chi connectivity index (χ1n) is 8.99. The van der Waals surface area contributed by atoms with Gasteiger partial charge in [-0.15, -0.1) is 10.2 Å². The standard InChI is InChI=1S/C21H23N3O2S/c1-4-15(3)17-7-5-6-8-18(17)22-19(25)13-27-21-24-23-20(26-21)16-11-9-14(2)10-12-16/h5-12,15H,4,13H2,1-3H3,(H,22,25)/t15-/m1/s1. The van der Waals surface area contributed by atoms with Crippen molar-refractivity contribution in [3.05, 3.63) is 59.7 Å². The van der Waals surface area contributed by atoms with Gasteiger partial charge in [0.05, 0.1) is 5.75 Å². The van der Waals surface area contributed by atoms with E-state index in [4.69, 9.17) is 4.42 Å². The maximum Gasteiger partial charge on any atom is 0.277 e. The molecule has 2 aromatic carbocycles. The number of benzene rings is 2. The Morgan fingerprint density at radius 2 is 1.89 bits per heavy atom. The van der Waals surface area contributed by atoms with Crippen LogP contribution in [0.2, 0.25) is 0 Å². The summed E-state index contributed by atoms with van der Waals surface area (Å²) in [4.78, 5) is 12.3. The Balaban J connectivity index is 1.60. The fourth-order valence-corrected chi connectivity index (χ4v) is 3.22. The van der Waals surface area contributed by atoms with Gasteiger partial charge in [0.2, 0.25) is 11.8 Å².